The molecule has 0 radical (unpaired) electrons. The first-order valence-electron chi connectivity index (χ1n) is 8.36. The number of nitro groups is 1. The lowest BCUT2D eigenvalue weighted by Gasteiger charge is -2.42. The van der Waals surface area contributed by atoms with E-state index in [9.17, 15) is 29.3 Å². The fraction of sp³-hybridized carbons (Fsp3) is 0.412. The van der Waals surface area contributed by atoms with Crippen LogP contribution < -0.4 is 0 Å². The highest BCUT2D eigenvalue weighted by Crippen LogP contribution is 2.50. The van der Waals surface area contributed by atoms with E-state index in [2.05, 4.69) is 0 Å². The van der Waals surface area contributed by atoms with Crippen LogP contribution in [0.4, 0.5) is 15.3 Å². The summed E-state index contributed by atoms with van der Waals surface area (Å²) < 4.78 is 0. The van der Waals surface area contributed by atoms with Gasteiger partial charge in [-0.15, -0.1) is 0 Å². The van der Waals surface area contributed by atoms with Crippen molar-refractivity contribution in [3.63, 3.8) is 0 Å². The third kappa shape index (κ3) is 2.03. The molecule has 0 aliphatic carbocycles. The summed E-state index contributed by atoms with van der Waals surface area (Å²) >= 11 is 0. The van der Waals surface area contributed by atoms with E-state index in [1.54, 1.807) is 6.92 Å². The molecule has 2 fully saturated rings. The van der Waals surface area contributed by atoms with Gasteiger partial charge in [-0.3, -0.25) is 19.7 Å². The predicted molar refractivity (Wildman–Crippen MR) is 94.9 cm³/mol. The van der Waals surface area contributed by atoms with Crippen LogP contribution >= 0.6 is 0 Å². The summed E-state index contributed by atoms with van der Waals surface area (Å²) in [5.74, 6) is -1.48. The zero-order valence-corrected chi connectivity index (χ0v) is 16.0. The normalized spacial score (nSPS) is 26.8. The molecule has 2 saturated heterocycles. The van der Waals surface area contributed by atoms with Crippen LogP contribution in [0.5, 0.6) is 0 Å². The predicted octanol–water partition coefficient (Wildman–Crippen LogP) is 1.45. The van der Waals surface area contributed by atoms with E-state index in [1.165, 1.54) is 55.9 Å². The topological polar surface area (TPSA) is 124 Å². The van der Waals surface area contributed by atoms with Crippen molar-refractivity contribution in [2.75, 3.05) is 14.1 Å². The molecule has 11 nitrogen and oxygen atoms in total. The fourth-order valence-electron chi connectivity index (χ4n) is 4.04. The lowest BCUT2D eigenvalue weighted by Crippen LogP contribution is -2.65. The number of likely N-dealkylation sites (N-methyl/N-ethyl adjacent to an activating group) is 2. The molecule has 2 aliphatic rings. The monoisotopic (exact) mass is 389 g/mol. The molecule has 1 aromatic rings. The van der Waals surface area contributed by atoms with E-state index in [0.717, 1.165) is 15.9 Å². The second kappa shape index (κ2) is 5.75. The van der Waals surface area contributed by atoms with Crippen LogP contribution in [-0.2, 0) is 4.79 Å². The number of imide groups is 2. The lowest BCUT2D eigenvalue weighted by atomic mass is 9.94. The molecule has 0 unspecified atom stereocenters. The molecular weight excluding hydrogens is 370 g/mol. The first-order valence-corrected chi connectivity index (χ1v) is 8.36. The number of nitro benzene ring substituents is 1. The highest BCUT2D eigenvalue weighted by atomic mass is 16.6. The van der Waals surface area contributed by atoms with Crippen molar-refractivity contribution in [2.45, 2.75) is 32.1 Å². The van der Waals surface area contributed by atoms with Crippen molar-refractivity contribution in [1.29, 1.82) is 0 Å². The number of rotatable bonds is 2. The van der Waals surface area contributed by atoms with Gasteiger partial charge in [0.2, 0.25) is 5.91 Å². The summed E-state index contributed by atoms with van der Waals surface area (Å²) in [6.07, 6.45) is 0. The third-order valence-corrected chi connectivity index (χ3v) is 5.85. The van der Waals surface area contributed by atoms with Crippen LogP contribution in [0.1, 0.15) is 31.1 Å². The Balaban J connectivity index is 2.20. The van der Waals surface area contributed by atoms with Crippen molar-refractivity contribution in [1.82, 2.24) is 19.6 Å². The number of urea groups is 2. The Bertz CT molecular complexity index is 948. The van der Waals surface area contributed by atoms with E-state index in [0.29, 0.717) is 0 Å². The minimum atomic E-state index is -1.65. The number of fused-ring (bicyclic) bond motifs is 1. The summed E-state index contributed by atoms with van der Waals surface area (Å²) in [7, 11) is 2.86. The van der Waals surface area contributed by atoms with Crippen molar-refractivity contribution in [3.05, 3.63) is 39.9 Å². The van der Waals surface area contributed by atoms with Gasteiger partial charge >= 0.3 is 12.1 Å². The average molecular weight is 389 g/mol. The Kier molecular flexibility index (Phi) is 3.95. The summed E-state index contributed by atoms with van der Waals surface area (Å²) in [6, 6.07) is 3.54. The van der Waals surface area contributed by atoms with Gasteiger partial charge in [0.05, 0.1) is 4.92 Å². The first-order chi connectivity index (χ1) is 12.9. The van der Waals surface area contributed by atoms with Crippen molar-refractivity contribution in [3.8, 4) is 0 Å². The summed E-state index contributed by atoms with van der Waals surface area (Å²) in [5, 5.41) is 11.0. The van der Waals surface area contributed by atoms with Crippen molar-refractivity contribution >= 4 is 29.6 Å². The molecule has 148 valence electrons. The third-order valence-electron chi connectivity index (χ3n) is 5.85. The Morgan fingerprint density at radius 1 is 1.00 bits per heavy atom. The number of amides is 6. The number of carbonyl (C=O) groups is 4. The van der Waals surface area contributed by atoms with Crippen LogP contribution in [-0.4, -0.2) is 73.8 Å². The Morgan fingerprint density at radius 2 is 1.54 bits per heavy atom. The molecule has 0 saturated carbocycles. The van der Waals surface area contributed by atoms with Crippen LogP contribution in [0.25, 0.3) is 0 Å². The molecule has 2 aliphatic heterocycles. The van der Waals surface area contributed by atoms with Gasteiger partial charge < -0.3 is 9.80 Å². The smallest absolute Gasteiger partial charge is 0.300 e. The maximum atomic E-state index is 13.2. The van der Waals surface area contributed by atoms with Gasteiger partial charge in [-0.05, 0) is 19.9 Å². The summed E-state index contributed by atoms with van der Waals surface area (Å²) in [5.41, 5.74) is -3.41. The second-order valence-corrected chi connectivity index (χ2v) is 7.03. The first kappa shape index (κ1) is 19.3. The van der Waals surface area contributed by atoms with Gasteiger partial charge in [-0.2, -0.15) is 0 Å². The van der Waals surface area contributed by atoms with Gasteiger partial charge in [0, 0.05) is 38.7 Å². The summed E-state index contributed by atoms with van der Waals surface area (Å²) in [4.78, 5) is 65.8. The molecule has 3 rings (SSSR count). The summed E-state index contributed by atoms with van der Waals surface area (Å²) in [6.45, 7) is 4.19. The number of nitrogens with zero attached hydrogens (tertiary/aromatic N) is 5. The van der Waals surface area contributed by atoms with Gasteiger partial charge in [0.15, 0.2) is 11.3 Å². The number of hydrogen-bond donors (Lipinski definition) is 0. The molecule has 28 heavy (non-hydrogen) atoms. The van der Waals surface area contributed by atoms with E-state index in [1.807, 2.05) is 0 Å². The number of hydrogen-bond acceptors (Lipinski definition) is 6. The van der Waals surface area contributed by atoms with Gasteiger partial charge in [-0.1, -0.05) is 6.07 Å². The molecule has 11 heteroatoms. The molecule has 2 atom stereocenters. The number of non-ortho nitro benzene ring substituents is 1. The quantitative estimate of drug-likeness (QED) is 0.557. The zero-order valence-electron chi connectivity index (χ0n) is 16.0. The SMILES string of the molecule is CC(=O)N1C(=O)N(C)[C@]2(C)N(C)C(=O)N(C(=O)c3cccc([N+](=O)[O-])c3)[C@]12C. The zero-order chi connectivity index (χ0) is 21.2. The highest BCUT2D eigenvalue weighted by Gasteiger charge is 2.75. The van der Waals surface area contributed by atoms with Crippen LogP contribution in [0, 0.1) is 10.1 Å². The minimum Gasteiger partial charge on any atom is -0.300 e. The van der Waals surface area contributed by atoms with Gasteiger partial charge in [-0.25, -0.2) is 19.4 Å². The fourth-order valence-corrected chi connectivity index (χ4v) is 4.04. The lowest BCUT2D eigenvalue weighted by molar-refractivity contribution is -0.384. The van der Waals surface area contributed by atoms with Crippen molar-refractivity contribution in [2.24, 2.45) is 0 Å². The molecule has 0 N–H and O–H groups in total. The van der Waals surface area contributed by atoms with E-state index >= 15 is 0 Å². The van der Waals surface area contributed by atoms with Gasteiger partial charge in [0.1, 0.15) is 0 Å². The van der Waals surface area contributed by atoms with E-state index in [4.69, 9.17) is 0 Å². The molecule has 0 bridgehead atoms. The van der Waals surface area contributed by atoms with Crippen molar-refractivity contribution < 1.29 is 24.1 Å². The van der Waals surface area contributed by atoms with Crippen LogP contribution in [0.15, 0.2) is 24.3 Å². The van der Waals surface area contributed by atoms with Gasteiger partial charge in [0.25, 0.3) is 11.6 Å². The Morgan fingerprint density at radius 3 is 2.04 bits per heavy atom. The van der Waals surface area contributed by atoms with E-state index < -0.39 is 40.1 Å². The van der Waals surface area contributed by atoms with Crippen LogP contribution in [0.3, 0.4) is 0 Å². The number of benzene rings is 1. The van der Waals surface area contributed by atoms with E-state index in [-0.39, 0.29) is 11.3 Å². The molecule has 2 heterocycles. The molecule has 6 amide bonds. The Hall–Kier alpha value is -3.50. The second-order valence-electron chi connectivity index (χ2n) is 7.03. The Labute approximate surface area is 160 Å². The maximum absolute atomic E-state index is 13.2. The standard InChI is InChI=1S/C17H19N5O6/c1-10(23)20-14(25)18(4)16(2)17(20,3)21(15(26)19(16)5)13(24)11-7-6-8-12(9-11)22(27)28/h6-9H,1-5H3/t16-,17+/m1/s1. The van der Waals surface area contributed by atoms with Crippen LogP contribution in [0.2, 0.25) is 0 Å². The highest BCUT2D eigenvalue weighted by molar-refractivity contribution is 6.09. The molecule has 0 spiro atoms. The maximum Gasteiger partial charge on any atom is 0.330 e. The number of carbonyl (C=O) groups excluding carboxylic acids is 4. The largest absolute Gasteiger partial charge is 0.330 e. The molecule has 0 aromatic heterocycles. The average Bonchev–Trinajstić information content (AvgIpc) is 2.89. The molecular formula is C17H19N5O6. The minimum absolute atomic E-state index is 0.105. The molecule has 1 aromatic carbocycles.